The molecule has 2 aromatic heterocycles. The molecule has 0 saturated carbocycles. The lowest BCUT2D eigenvalue weighted by Gasteiger charge is -2.36. The van der Waals surface area contributed by atoms with E-state index in [0.717, 1.165) is 48.3 Å². The second-order valence-electron chi connectivity index (χ2n) is 8.14. The van der Waals surface area contributed by atoms with Crippen molar-refractivity contribution in [2.45, 2.75) is 52.5 Å². The van der Waals surface area contributed by atoms with E-state index in [9.17, 15) is 4.79 Å². The third-order valence-electron chi connectivity index (χ3n) is 6.20. The summed E-state index contributed by atoms with van der Waals surface area (Å²) in [5, 5.41) is 12.9. The van der Waals surface area contributed by atoms with Crippen molar-refractivity contribution < 1.29 is 9.32 Å². The van der Waals surface area contributed by atoms with Crippen LogP contribution in [-0.4, -0.2) is 64.9 Å². The van der Waals surface area contributed by atoms with Crippen LogP contribution in [-0.2, 0) is 11.2 Å². The van der Waals surface area contributed by atoms with E-state index < -0.39 is 0 Å². The van der Waals surface area contributed by atoms with Gasteiger partial charge in [0.05, 0.1) is 12.1 Å². The lowest BCUT2D eigenvalue weighted by Crippen LogP contribution is -2.49. The summed E-state index contributed by atoms with van der Waals surface area (Å²) in [4.78, 5) is 19.1. The Kier molecular flexibility index (Phi) is 5.69. The lowest BCUT2D eigenvalue weighted by molar-refractivity contribution is -0.130. The van der Waals surface area contributed by atoms with Gasteiger partial charge in [-0.1, -0.05) is 5.16 Å². The molecule has 0 N–H and O–H groups in total. The third kappa shape index (κ3) is 4.21. The third-order valence-corrected chi connectivity index (χ3v) is 6.20. The number of aryl methyl sites for hydroxylation is 2. The molecular weight excluding hydrogens is 368 g/mol. The van der Waals surface area contributed by atoms with Gasteiger partial charge in [0.2, 0.25) is 5.91 Å². The molecule has 4 heterocycles. The molecule has 0 aliphatic carbocycles. The molecule has 29 heavy (non-hydrogen) atoms. The molecule has 2 fully saturated rings. The fourth-order valence-corrected chi connectivity index (χ4v) is 4.28. The molecule has 156 valence electrons. The Morgan fingerprint density at radius 1 is 1.07 bits per heavy atom. The fourth-order valence-electron chi connectivity index (χ4n) is 4.28. The van der Waals surface area contributed by atoms with Crippen LogP contribution in [0.2, 0.25) is 0 Å². The van der Waals surface area contributed by atoms with Crippen molar-refractivity contribution >= 4 is 17.5 Å². The Hall–Kier alpha value is -2.64. The maximum atomic E-state index is 12.7. The average Bonchev–Trinajstić information content (AvgIpc) is 3.06. The summed E-state index contributed by atoms with van der Waals surface area (Å²) < 4.78 is 5.17. The number of aromatic nitrogens is 3. The second kappa shape index (κ2) is 8.39. The van der Waals surface area contributed by atoms with Crippen molar-refractivity contribution in [1.29, 1.82) is 0 Å². The van der Waals surface area contributed by atoms with Crippen molar-refractivity contribution in [1.82, 2.24) is 20.3 Å². The molecule has 1 unspecified atom stereocenters. The molecule has 4 rings (SSSR count). The van der Waals surface area contributed by atoms with Crippen molar-refractivity contribution in [2.75, 3.05) is 42.5 Å². The maximum Gasteiger partial charge on any atom is 0.227 e. The van der Waals surface area contributed by atoms with E-state index in [1.165, 1.54) is 19.3 Å². The molecule has 0 aromatic carbocycles. The van der Waals surface area contributed by atoms with Crippen LogP contribution in [0.1, 0.15) is 43.2 Å². The van der Waals surface area contributed by atoms with Gasteiger partial charge in [0.15, 0.2) is 11.6 Å². The number of anilines is 2. The number of hydrogen-bond acceptors (Lipinski definition) is 7. The highest BCUT2D eigenvalue weighted by atomic mass is 16.5. The van der Waals surface area contributed by atoms with Gasteiger partial charge < -0.3 is 19.2 Å². The van der Waals surface area contributed by atoms with Gasteiger partial charge in [-0.2, -0.15) is 0 Å². The topological polar surface area (TPSA) is 78.6 Å². The molecule has 0 spiro atoms. The Morgan fingerprint density at radius 2 is 1.79 bits per heavy atom. The number of piperazine rings is 1. The standard InChI is InChI=1S/C21H30N6O2/c1-15-6-4-5-9-27(15)20-8-7-19(22-23-20)25-10-12-26(13-11-25)21(28)14-18-16(2)24-29-17(18)3/h7-8,15H,4-6,9-14H2,1-3H3. The first-order valence-electron chi connectivity index (χ1n) is 10.6. The van der Waals surface area contributed by atoms with Crippen molar-refractivity contribution in [3.63, 3.8) is 0 Å². The zero-order valence-corrected chi connectivity index (χ0v) is 17.6. The lowest BCUT2D eigenvalue weighted by atomic mass is 10.0. The van der Waals surface area contributed by atoms with Gasteiger partial charge in [-0.15, -0.1) is 10.2 Å². The molecule has 2 aliphatic rings. The molecule has 2 aromatic rings. The molecule has 1 atom stereocenters. The summed E-state index contributed by atoms with van der Waals surface area (Å²) in [6.07, 6.45) is 4.08. The molecule has 0 radical (unpaired) electrons. The Balaban J connectivity index is 1.33. The van der Waals surface area contributed by atoms with Crippen LogP contribution in [0, 0.1) is 13.8 Å². The predicted octanol–water partition coefficient (Wildman–Crippen LogP) is 2.35. The van der Waals surface area contributed by atoms with Crippen molar-refractivity contribution in [3.05, 3.63) is 29.2 Å². The number of carbonyl (C=O) groups excluding carboxylic acids is 1. The van der Waals surface area contributed by atoms with Crippen molar-refractivity contribution in [3.8, 4) is 0 Å². The average molecular weight is 399 g/mol. The molecular formula is C21H30N6O2. The van der Waals surface area contributed by atoms with Crippen LogP contribution in [0.3, 0.4) is 0 Å². The van der Waals surface area contributed by atoms with Gasteiger partial charge in [0.25, 0.3) is 0 Å². The van der Waals surface area contributed by atoms with Gasteiger partial charge in [-0.25, -0.2) is 0 Å². The van der Waals surface area contributed by atoms with E-state index in [1.807, 2.05) is 18.7 Å². The monoisotopic (exact) mass is 398 g/mol. The zero-order valence-electron chi connectivity index (χ0n) is 17.6. The number of amides is 1. The van der Waals surface area contributed by atoms with Crippen molar-refractivity contribution in [2.24, 2.45) is 0 Å². The number of piperidine rings is 1. The van der Waals surface area contributed by atoms with Crippen LogP contribution >= 0.6 is 0 Å². The highest BCUT2D eigenvalue weighted by Gasteiger charge is 2.25. The summed E-state index contributed by atoms with van der Waals surface area (Å²) in [5.41, 5.74) is 1.71. The summed E-state index contributed by atoms with van der Waals surface area (Å²) in [5.74, 6) is 2.71. The van der Waals surface area contributed by atoms with Gasteiger partial charge in [-0.05, 0) is 52.2 Å². The van der Waals surface area contributed by atoms with E-state index in [2.05, 4.69) is 44.2 Å². The Morgan fingerprint density at radius 3 is 2.41 bits per heavy atom. The molecule has 8 heteroatoms. The minimum absolute atomic E-state index is 0.125. The molecule has 0 bridgehead atoms. The van der Waals surface area contributed by atoms with E-state index in [-0.39, 0.29) is 5.91 Å². The van der Waals surface area contributed by atoms with Crippen LogP contribution < -0.4 is 9.80 Å². The minimum atomic E-state index is 0.125. The maximum absolute atomic E-state index is 12.7. The van der Waals surface area contributed by atoms with E-state index >= 15 is 0 Å². The Bertz CT molecular complexity index is 822. The normalized spacial score (nSPS) is 20.2. The van der Waals surface area contributed by atoms with Crippen LogP contribution in [0.4, 0.5) is 11.6 Å². The minimum Gasteiger partial charge on any atom is -0.361 e. The molecule has 2 aliphatic heterocycles. The van der Waals surface area contributed by atoms with E-state index in [1.54, 1.807) is 0 Å². The van der Waals surface area contributed by atoms with Crippen LogP contribution in [0.15, 0.2) is 16.7 Å². The fraction of sp³-hybridized carbons (Fsp3) is 0.619. The summed E-state index contributed by atoms with van der Waals surface area (Å²) in [6.45, 7) is 9.96. The molecule has 1 amide bonds. The van der Waals surface area contributed by atoms with Gasteiger partial charge in [0, 0.05) is 44.3 Å². The first-order valence-corrected chi connectivity index (χ1v) is 10.6. The quantitative estimate of drug-likeness (QED) is 0.782. The summed E-state index contributed by atoms with van der Waals surface area (Å²) >= 11 is 0. The largest absolute Gasteiger partial charge is 0.361 e. The SMILES string of the molecule is Cc1noc(C)c1CC(=O)N1CCN(c2ccc(N3CCCCC3C)nn2)CC1. The number of hydrogen-bond donors (Lipinski definition) is 0. The van der Waals surface area contributed by atoms with Gasteiger partial charge in [-0.3, -0.25) is 4.79 Å². The second-order valence-corrected chi connectivity index (χ2v) is 8.14. The number of rotatable bonds is 4. The van der Waals surface area contributed by atoms with E-state index in [0.29, 0.717) is 25.6 Å². The summed E-state index contributed by atoms with van der Waals surface area (Å²) in [7, 11) is 0. The highest BCUT2D eigenvalue weighted by molar-refractivity contribution is 5.79. The highest BCUT2D eigenvalue weighted by Crippen LogP contribution is 2.24. The number of carbonyl (C=O) groups is 1. The summed E-state index contributed by atoms with van der Waals surface area (Å²) in [6, 6.07) is 4.67. The van der Waals surface area contributed by atoms with Crippen LogP contribution in [0.25, 0.3) is 0 Å². The predicted molar refractivity (Wildman–Crippen MR) is 111 cm³/mol. The Labute approximate surface area is 171 Å². The van der Waals surface area contributed by atoms with E-state index in [4.69, 9.17) is 4.52 Å². The molecule has 2 saturated heterocycles. The first kappa shape index (κ1) is 19.7. The zero-order chi connectivity index (χ0) is 20.4. The molecule has 8 nitrogen and oxygen atoms in total. The first-order chi connectivity index (χ1) is 14.0. The van der Waals surface area contributed by atoms with Crippen LogP contribution in [0.5, 0.6) is 0 Å². The van der Waals surface area contributed by atoms with Gasteiger partial charge >= 0.3 is 0 Å². The van der Waals surface area contributed by atoms with Gasteiger partial charge in [0.1, 0.15) is 5.76 Å². The number of nitrogens with zero attached hydrogens (tertiary/aromatic N) is 6. The smallest absolute Gasteiger partial charge is 0.227 e.